The van der Waals surface area contributed by atoms with Crippen molar-refractivity contribution in [3.05, 3.63) is 70.8 Å². The van der Waals surface area contributed by atoms with Gasteiger partial charge in [-0.05, 0) is 30.2 Å². The fourth-order valence-electron chi connectivity index (χ4n) is 3.41. The summed E-state index contributed by atoms with van der Waals surface area (Å²) in [5.41, 5.74) is -0.751. The second-order valence-corrected chi connectivity index (χ2v) is 7.78. The summed E-state index contributed by atoms with van der Waals surface area (Å²) < 4.78 is 97.5. The summed E-state index contributed by atoms with van der Waals surface area (Å²) in [6, 6.07) is -2.74. The minimum atomic E-state index is -4.72. The van der Waals surface area contributed by atoms with Crippen LogP contribution in [0.25, 0.3) is 0 Å². The van der Waals surface area contributed by atoms with Crippen molar-refractivity contribution in [1.29, 1.82) is 0 Å². The summed E-state index contributed by atoms with van der Waals surface area (Å²) in [5, 5.41) is 0. The lowest BCUT2D eigenvalue weighted by Gasteiger charge is -2.39. The number of amides is 4. The molecule has 34 heavy (non-hydrogen) atoms. The number of carbonyl (C=O) groups excluding carboxylic acids is 3. The Labute approximate surface area is 188 Å². The van der Waals surface area contributed by atoms with Crippen molar-refractivity contribution in [2.45, 2.75) is 44.5 Å². The van der Waals surface area contributed by atoms with Crippen molar-refractivity contribution in [3.63, 3.8) is 0 Å². The standard InChI is InChI=1S/C22H17F7N2O3/c1-13-2-4-14(5-3-13)11-20(23,24)30-17(32)10-18(33)31(19(30)34)21(25,26)12-15-6-8-16(9-7-15)22(27,28)29/h2-9H,10-12H2,1H3. The number of aryl methyl sites for hydroxylation is 1. The molecule has 0 atom stereocenters. The molecule has 0 radical (unpaired) electrons. The molecule has 12 heteroatoms. The topological polar surface area (TPSA) is 57.7 Å². The molecule has 1 saturated heterocycles. The number of rotatable bonds is 6. The summed E-state index contributed by atoms with van der Waals surface area (Å²) >= 11 is 0. The molecule has 2 aromatic rings. The van der Waals surface area contributed by atoms with E-state index >= 15 is 0 Å². The van der Waals surface area contributed by atoms with Crippen LogP contribution in [0.4, 0.5) is 35.5 Å². The van der Waals surface area contributed by atoms with Gasteiger partial charge in [-0.2, -0.15) is 30.7 Å². The lowest BCUT2D eigenvalue weighted by atomic mass is 10.1. The van der Waals surface area contributed by atoms with Crippen molar-refractivity contribution in [2.24, 2.45) is 0 Å². The number of urea groups is 1. The smallest absolute Gasteiger partial charge is 0.274 e. The first-order valence-corrected chi connectivity index (χ1v) is 9.79. The molecule has 0 aromatic heterocycles. The van der Waals surface area contributed by atoms with E-state index in [-0.39, 0.29) is 5.56 Å². The Morgan fingerprint density at radius 1 is 0.676 bits per heavy atom. The Morgan fingerprint density at radius 3 is 1.44 bits per heavy atom. The highest BCUT2D eigenvalue weighted by Gasteiger charge is 2.57. The van der Waals surface area contributed by atoms with E-state index in [1.165, 1.54) is 24.3 Å². The molecule has 0 spiro atoms. The van der Waals surface area contributed by atoms with Crippen LogP contribution in [0.5, 0.6) is 0 Å². The van der Waals surface area contributed by atoms with E-state index in [4.69, 9.17) is 0 Å². The number of imide groups is 2. The molecule has 0 bridgehead atoms. The highest BCUT2D eigenvalue weighted by atomic mass is 19.4. The number of nitrogens with zero attached hydrogens (tertiary/aromatic N) is 2. The lowest BCUT2D eigenvalue weighted by Crippen LogP contribution is -2.65. The van der Waals surface area contributed by atoms with Gasteiger partial charge in [-0.15, -0.1) is 0 Å². The van der Waals surface area contributed by atoms with Gasteiger partial charge >= 0.3 is 24.3 Å². The molecule has 0 saturated carbocycles. The fraction of sp³-hybridized carbons (Fsp3) is 0.318. The predicted molar refractivity (Wildman–Crippen MR) is 104 cm³/mol. The number of benzene rings is 2. The van der Waals surface area contributed by atoms with Gasteiger partial charge in [-0.1, -0.05) is 42.0 Å². The van der Waals surface area contributed by atoms with Crippen molar-refractivity contribution in [3.8, 4) is 0 Å². The number of carbonyl (C=O) groups is 3. The first-order valence-electron chi connectivity index (χ1n) is 9.79. The molecular weight excluding hydrogens is 473 g/mol. The van der Waals surface area contributed by atoms with E-state index in [0.29, 0.717) is 24.3 Å². The van der Waals surface area contributed by atoms with Crippen LogP contribution < -0.4 is 0 Å². The Morgan fingerprint density at radius 2 is 1.06 bits per heavy atom. The number of halogens is 7. The van der Waals surface area contributed by atoms with Crippen LogP contribution in [0.1, 0.15) is 28.7 Å². The van der Waals surface area contributed by atoms with E-state index in [1.54, 1.807) is 6.92 Å². The monoisotopic (exact) mass is 490 g/mol. The quantitative estimate of drug-likeness (QED) is 0.319. The molecule has 182 valence electrons. The largest absolute Gasteiger partial charge is 0.416 e. The summed E-state index contributed by atoms with van der Waals surface area (Å²) in [6.45, 7) is 1.70. The maximum Gasteiger partial charge on any atom is 0.416 e. The normalized spacial score (nSPS) is 15.8. The zero-order valence-electron chi connectivity index (χ0n) is 17.5. The first kappa shape index (κ1) is 25.2. The van der Waals surface area contributed by atoms with Crippen molar-refractivity contribution >= 4 is 17.8 Å². The molecular formula is C22H17F7N2O3. The fourth-order valence-corrected chi connectivity index (χ4v) is 3.41. The van der Waals surface area contributed by atoms with Crippen molar-refractivity contribution < 1.29 is 45.1 Å². The molecule has 1 fully saturated rings. The number of hydrogen-bond acceptors (Lipinski definition) is 3. The van der Waals surface area contributed by atoms with Crippen LogP contribution in [0.15, 0.2) is 48.5 Å². The average molecular weight is 490 g/mol. The third-order valence-corrected chi connectivity index (χ3v) is 5.07. The second kappa shape index (κ2) is 8.73. The average Bonchev–Trinajstić information content (AvgIpc) is 2.68. The zero-order valence-corrected chi connectivity index (χ0v) is 17.5. The van der Waals surface area contributed by atoms with E-state index in [2.05, 4.69) is 0 Å². The summed E-state index contributed by atoms with van der Waals surface area (Å²) in [6.07, 6.45) is -8.73. The van der Waals surface area contributed by atoms with Crippen LogP contribution in [0, 0.1) is 6.92 Å². The summed E-state index contributed by atoms with van der Waals surface area (Å²) in [7, 11) is 0. The van der Waals surface area contributed by atoms with Crippen molar-refractivity contribution in [1.82, 2.24) is 9.80 Å². The zero-order chi connectivity index (χ0) is 25.5. The van der Waals surface area contributed by atoms with Gasteiger partial charge < -0.3 is 0 Å². The predicted octanol–water partition coefficient (Wildman–Crippen LogP) is 5.17. The van der Waals surface area contributed by atoms with Crippen LogP contribution >= 0.6 is 0 Å². The maximum absolute atomic E-state index is 14.9. The van der Waals surface area contributed by atoms with Gasteiger partial charge in [0.15, 0.2) is 0 Å². The Bertz CT molecular complexity index is 1100. The third-order valence-electron chi connectivity index (χ3n) is 5.07. The van der Waals surface area contributed by atoms with Gasteiger partial charge in [0.25, 0.3) is 0 Å². The Kier molecular flexibility index (Phi) is 6.47. The van der Waals surface area contributed by atoms with Crippen LogP contribution in [0.2, 0.25) is 0 Å². The third kappa shape index (κ3) is 5.20. The number of alkyl halides is 7. The molecule has 5 nitrogen and oxygen atoms in total. The molecule has 1 heterocycles. The van der Waals surface area contributed by atoms with Gasteiger partial charge in [-0.3, -0.25) is 9.59 Å². The minimum Gasteiger partial charge on any atom is -0.274 e. The molecule has 1 aliphatic heterocycles. The van der Waals surface area contributed by atoms with E-state index in [0.717, 1.165) is 5.56 Å². The van der Waals surface area contributed by atoms with Gasteiger partial charge in [0.05, 0.1) is 18.4 Å². The molecule has 4 amide bonds. The minimum absolute atomic E-state index is 0.0103. The SMILES string of the molecule is Cc1ccc(CC(F)(F)N2C(=O)CC(=O)N(C(F)(F)Cc3ccc(C(F)(F)F)cc3)C2=O)cc1. The Balaban J connectivity index is 1.85. The molecule has 0 aliphatic carbocycles. The van der Waals surface area contributed by atoms with E-state index < -0.39 is 76.3 Å². The summed E-state index contributed by atoms with van der Waals surface area (Å²) in [4.78, 5) is 35.3. The van der Waals surface area contributed by atoms with Crippen LogP contribution in [0.3, 0.4) is 0 Å². The van der Waals surface area contributed by atoms with E-state index in [1.807, 2.05) is 0 Å². The first-order chi connectivity index (χ1) is 15.6. The molecule has 0 unspecified atom stereocenters. The lowest BCUT2D eigenvalue weighted by molar-refractivity contribution is -0.189. The molecule has 0 N–H and O–H groups in total. The van der Waals surface area contributed by atoms with Crippen LogP contribution in [-0.2, 0) is 28.6 Å². The van der Waals surface area contributed by atoms with E-state index in [9.17, 15) is 45.1 Å². The van der Waals surface area contributed by atoms with Gasteiger partial charge in [-0.25, -0.2) is 14.6 Å². The van der Waals surface area contributed by atoms with Gasteiger partial charge in [0, 0.05) is 0 Å². The van der Waals surface area contributed by atoms with Crippen LogP contribution in [-0.4, -0.2) is 39.7 Å². The highest BCUT2D eigenvalue weighted by Crippen LogP contribution is 2.36. The summed E-state index contributed by atoms with van der Waals surface area (Å²) in [5.74, 6) is -3.34. The number of hydrogen-bond donors (Lipinski definition) is 0. The Hall–Kier alpha value is -3.44. The van der Waals surface area contributed by atoms with Gasteiger partial charge in [0.1, 0.15) is 6.42 Å². The highest BCUT2D eigenvalue weighted by molar-refractivity contribution is 6.14. The molecule has 2 aromatic carbocycles. The second-order valence-electron chi connectivity index (χ2n) is 7.78. The van der Waals surface area contributed by atoms with Crippen molar-refractivity contribution in [2.75, 3.05) is 0 Å². The maximum atomic E-state index is 14.9. The number of barbiturate groups is 1. The molecule has 1 aliphatic rings. The molecule has 3 rings (SSSR count). The van der Waals surface area contributed by atoms with Gasteiger partial charge in [0.2, 0.25) is 11.8 Å².